The molecule has 0 radical (unpaired) electrons. The van der Waals surface area contributed by atoms with Gasteiger partial charge in [0.15, 0.2) is 6.29 Å². The van der Waals surface area contributed by atoms with Crippen LogP contribution in [0, 0.1) is 59.2 Å². The predicted octanol–water partition coefficient (Wildman–Crippen LogP) is -12.0. The second kappa shape index (κ2) is 63.5. The fourth-order valence-electron chi connectivity index (χ4n) is 19.4. The van der Waals surface area contributed by atoms with Crippen LogP contribution in [0.25, 0.3) is 0 Å². The van der Waals surface area contributed by atoms with Crippen LogP contribution in [0.4, 0.5) is 0 Å². The largest absolute Gasteiger partial charge is 0.396 e. The van der Waals surface area contributed by atoms with Crippen molar-refractivity contribution in [1.82, 2.24) is 75.0 Å². The summed E-state index contributed by atoms with van der Waals surface area (Å²) in [5.41, 5.74) is 1.88. The van der Waals surface area contributed by atoms with Crippen LogP contribution >= 0.6 is 23.5 Å². The van der Waals surface area contributed by atoms with Gasteiger partial charge in [-0.25, -0.2) is 0 Å². The summed E-state index contributed by atoms with van der Waals surface area (Å²) in [6.07, 6.45) is -11.5. The van der Waals surface area contributed by atoms with Crippen LogP contribution in [0.3, 0.4) is 0 Å². The minimum Gasteiger partial charge on any atom is -0.396 e. The normalized spacial score (nSPS) is 36.6. The molecule has 10 fully saturated rings. The van der Waals surface area contributed by atoms with Gasteiger partial charge in [0.1, 0.15) is 161 Å². The minimum absolute atomic E-state index is 0.00659. The van der Waals surface area contributed by atoms with Crippen LogP contribution in [0.15, 0.2) is 31.0 Å². The van der Waals surface area contributed by atoms with Crippen molar-refractivity contribution in [2.45, 2.75) is 338 Å². The van der Waals surface area contributed by atoms with Gasteiger partial charge in [-0.2, -0.15) is 0 Å². The van der Waals surface area contributed by atoms with Gasteiger partial charge in [0.25, 0.3) is 0 Å². The fraction of sp³-hybridized carbons (Fsp3) is 0.891. The number of ether oxygens (including phenoxy) is 11. The highest BCUT2D eigenvalue weighted by Crippen LogP contribution is 2.41. The van der Waals surface area contributed by atoms with Gasteiger partial charge in [-0.3, -0.25) is 23.4 Å². The molecule has 40 unspecified atom stereocenters. The van der Waals surface area contributed by atoms with Crippen LogP contribution in [-0.4, -0.2) is 527 Å². The maximum atomic E-state index is 10.0. The lowest BCUT2D eigenvalue weighted by Gasteiger charge is -2.40. The summed E-state index contributed by atoms with van der Waals surface area (Å²) in [5.74, 6) is 1.64. The maximum Gasteiger partial charge on any atom is 0.186 e. The van der Waals surface area contributed by atoms with E-state index in [1.54, 1.807) is 54.4 Å². The number of hydrogen-bond donors (Lipinski definition) is 30. The zero-order valence-corrected chi connectivity index (χ0v) is 85.2. The van der Waals surface area contributed by atoms with E-state index in [-0.39, 0.29) is 105 Å². The number of nitrogens with zero attached hydrogens (tertiary/aromatic N) is 15. The van der Waals surface area contributed by atoms with Gasteiger partial charge in [0.05, 0.1) is 146 Å². The predicted molar refractivity (Wildman–Crippen MR) is 513 cm³/mol. The van der Waals surface area contributed by atoms with Crippen LogP contribution in [0.2, 0.25) is 0 Å². The van der Waals surface area contributed by atoms with Gasteiger partial charge in [-0.15, -0.1) is 49.0 Å². The zero-order chi connectivity index (χ0) is 108. The quantitative estimate of drug-likeness (QED) is 0.0161. The van der Waals surface area contributed by atoms with Crippen molar-refractivity contribution in [1.29, 1.82) is 0 Å². The second-order valence-electron chi connectivity index (χ2n) is 40.0. The number of thioether (sulfide) groups is 2. The first-order chi connectivity index (χ1) is 72.2. The van der Waals surface area contributed by atoms with Crippen LogP contribution in [-0.2, 0) is 118 Å². The third-order valence-electron chi connectivity index (χ3n) is 29.3. The lowest BCUT2D eigenvalue weighted by Crippen LogP contribution is -2.59. The summed E-state index contributed by atoms with van der Waals surface area (Å²) in [5, 5.41) is 329. The molecule has 40 atom stereocenters. The first-order valence-corrected chi connectivity index (χ1v) is 53.5. The number of rotatable bonds is 55. The molecule has 56 nitrogen and oxygen atoms in total. The van der Waals surface area contributed by atoms with Gasteiger partial charge in [-0.05, 0) is 131 Å². The molecule has 150 heavy (non-hydrogen) atoms. The van der Waals surface area contributed by atoms with E-state index in [9.17, 15) is 148 Å². The highest BCUT2D eigenvalue weighted by atomic mass is 32.2. The molecule has 5 aromatic heterocycles. The van der Waals surface area contributed by atoms with E-state index >= 15 is 0 Å². The topological polar surface area (TPSA) is 862 Å². The third-order valence-corrected chi connectivity index (χ3v) is 31.8. The Hall–Kier alpha value is -5.24. The van der Waals surface area contributed by atoms with Crippen molar-refractivity contribution in [3.63, 3.8) is 0 Å². The van der Waals surface area contributed by atoms with Crippen molar-refractivity contribution in [3.05, 3.63) is 59.5 Å². The molecule has 5 aliphatic carbocycles. The highest BCUT2D eigenvalue weighted by molar-refractivity contribution is 8.00. The van der Waals surface area contributed by atoms with Gasteiger partial charge >= 0.3 is 0 Å². The number of aliphatic hydroxyl groups excluding tert-OH is 30. The van der Waals surface area contributed by atoms with Crippen molar-refractivity contribution >= 4 is 23.5 Å². The van der Waals surface area contributed by atoms with Crippen LogP contribution in [0.1, 0.15) is 118 Å². The molecular weight excluding hydrogens is 2040 g/mol. The molecule has 10 aliphatic rings. The van der Waals surface area contributed by atoms with E-state index in [0.29, 0.717) is 222 Å². The molecule has 5 aromatic rings. The Balaban J connectivity index is 0.000000178. The zero-order valence-electron chi connectivity index (χ0n) is 83.6. The Morgan fingerprint density at radius 3 is 0.740 bits per heavy atom. The first kappa shape index (κ1) is 125. The molecule has 0 bridgehead atoms. The standard InChI is InChI=1S/2C19H33N3O8.C18H31N3O9.2C18H31N3O8S/c2*23-8-11-5-14(25)13(11)7-22-6-12(20-21-22)10-29-4-2-1-3-15-17(26)19(28)18(27)16(9-24)30-15;22-7-10-4-13(24)12(10)6-21-5-11(19-20-21)9-28-2-1-3-29-18-17(27)16(26)15(25)14(8-23)30-18;2*22-7-10-4-13(24)12(10)6-21-5-11(19-20-21)9-28-2-1-3-30-18-17(27)16(26)15(25)14(8-23)29-18/h2*6,11,13-19,23-28H,1-5,7-10H2;3*5,10,12-18,22-27H,1-4,6-9H2. The summed E-state index contributed by atoms with van der Waals surface area (Å²) >= 11 is 2.58. The summed E-state index contributed by atoms with van der Waals surface area (Å²) in [7, 11) is 0. The van der Waals surface area contributed by atoms with Gasteiger partial charge in [0, 0.05) is 128 Å². The number of hydrogen-bond acceptors (Lipinski definition) is 53. The Labute approximate surface area is 873 Å². The van der Waals surface area contributed by atoms with Crippen molar-refractivity contribution in [2.75, 3.05) is 117 Å². The molecule has 10 heterocycles. The molecule has 0 spiro atoms. The second-order valence-corrected chi connectivity index (χ2v) is 42.4. The molecule has 5 saturated carbocycles. The number of aromatic nitrogens is 15. The number of unbranched alkanes of at least 4 members (excludes halogenated alkanes) is 2. The summed E-state index contributed by atoms with van der Waals surface area (Å²) in [6.45, 7) is 4.41. The Bertz CT molecular complexity index is 3870. The maximum absolute atomic E-state index is 10.0. The average Bonchev–Trinajstić information content (AvgIpc) is 1.58. The molecule has 30 N–H and O–H groups in total. The molecular formula is C92H159N15O41S2. The fourth-order valence-corrected chi connectivity index (χ4v) is 21.6. The first-order valence-electron chi connectivity index (χ1n) is 51.4. The third kappa shape index (κ3) is 35.4. The SMILES string of the molecule is OCC1CC(O)C1Cn1cc(COCCCCC2OC(CO)C(O)C(O)C2O)nn1.OCC1CC(O)C1Cn1cc(COCCCCC2OC(CO)C(O)C(O)C2O)nn1.OCC1CC(O)C1Cn1cc(COCCCOC2OC(CO)C(O)C(O)C2O)nn1.OCC1CC(O)C1Cn1cc(COCCCSC2OC(CO)C(O)C(O)C2O)nn1.OCC1CC(O)C1Cn1cc(COCCCSC2OC(CO)C(O)C(O)C2O)nn1. The monoisotopic (exact) mass is 2190 g/mol. The molecule has 5 saturated heterocycles. The smallest absolute Gasteiger partial charge is 0.186 e. The van der Waals surface area contributed by atoms with Crippen molar-refractivity contribution < 1.29 is 205 Å². The van der Waals surface area contributed by atoms with E-state index in [2.05, 4.69) is 51.6 Å². The Kier molecular flexibility index (Phi) is 52.9. The van der Waals surface area contributed by atoms with Gasteiger partial charge < -0.3 is 205 Å². The average molecular weight is 2200 g/mol. The Morgan fingerprint density at radius 2 is 0.480 bits per heavy atom. The summed E-state index contributed by atoms with van der Waals surface area (Å²) in [6, 6.07) is 0. The van der Waals surface area contributed by atoms with E-state index in [1.165, 1.54) is 23.5 Å². The summed E-state index contributed by atoms with van der Waals surface area (Å²) < 4.78 is 68.6. The number of aliphatic hydroxyl groups is 30. The van der Waals surface area contributed by atoms with Gasteiger partial charge in [-0.1, -0.05) is 26.1 Å². The minimum atomic E-state index is -1.46. The molecule has 58 heteroatoms. The summed E-state index contributed by atoms with van der Waals surface area (Å²) in [4.78, 5) is 0. The van der Waals surface area contributed by atoms with E-state index in [1.807, 2.05) is 0 Å². The molecule has 0 amide bonds. The van der Waals surface area contributed by atoms with E-state index in [4.69, 9.17) is 57.2 Å². The molecule has 5 aliphatic heterocycles. The lowest BCUT2D eigenvalue weighted by molar-refractivity contribution is -0.301. The van der Waals surface area contributed by atoms with Crippen LogP contribution < -0.4 is 0 Å². The van der Waals surface area contributed by atoms with Crippen molar-refractivity contribution in [2.24, 2.45) is 59.2 Å². The molecule has 0 aromatic carbocycles. The molecule has 860 valence electrons. The van der Waals surface area contributed by atoms with E-state index < -0.39 is 215 Å². The molecule has 15 rings (SSSR count). The van der Waals surface area contributed by atoms with E-state index in [0.717, 1.165) is 0 Å². The van der Waals surface area contributed by atoms with Gasteiger partial charge in [0.2, 0.25) is 0 Å². The van der Waals surface area contributed by atoms with Crippen molar-refractivity contribution in [3.8, 4) is 0 Å². The highest BCUT2D eigenvalue weighted by Gasteiger charge is 2.51. The lowest BCUT2D eigenvalue weighted by atomic mass is 9.71. The van der Waals surface area contributed by atoms with Crippen LogP contribution in [0.5, 0.6) is 0 Å². The Morgan fingerprint density at radius 1 is 0.247 bits per heavy atom.